The van der Waals surface area contributed by atoms with Crippen molar-refractivity contribution in [2.75, 3.05) is 0 Å². The normalized spacial score (nSPS) is 8.71. The summed E-state index contributed by atoms with van der Waals surface area (Å²) in [5.41, 5.74) is 2.87. The van der Waals surface area contributed by atoms with Crippen LogP contribution in [0.1, 0.15) is 57.5 Å². The van der Waals surface area contributed by atoms with E-state index in [-0.39, 0.29) is 0 Å². The van der Waals surface area contributed by atoms with E-state index < -0.39 is 0 Å². The van der Waals surface area contributed by atoms with Crippen LogP contribution in [-0.2, 0) is 0 Å². The number of rotatable bonds is 2. The molecule has 4 nitrogen and oxygen atoms in total. The molecule has 0 unspecified atom stereocenters. The van der Waals surface area contributed by atoms with Crippen molar-refractivity contribution in [3.8, 4) is 0 Å². The zero-order valence-electron chi connectivity index (χ0n) is 14.4. The van der Waals surface area contributed by atoms with Crippen molar-refractivity contribution in [3.05, 3.63) is 47.9 Å². The quantitative estimate of drug-likeness (QED) is 0.802. The van der Waals surface area contributed by atoms with Gasteiger partial charge in [0.1, 0.15) is 12.1 Å². The van der Waals surface area contributed by atoms with Crippen molar-refractivity contribution in [2.24, 2.45) is 0 Å². The van der Waals surface area contributed by atoms with Crippen LogP contribution in [0.3, 0.4) is 0 Å². The van der Waals surface area contributed by atoms with Gasteiger partial charge in [-0.15, -0.1) is 0 Å². The first-order valence-corrected chi connectivity index (χ1v) is 7.36. The Morgan fingerprint density at radius 1 is 1.19 bits per heavy atom. The minimum Gasteiger partial charge on any atom is -0.365 e. The van der Waals surface area contributed by atoms with Crippen molar-refractivity contribution in [2.45, 2.75) is 48.5 Å². The summed E-state index contributed by atoms with van der Waals surface area (Å²) in [6.45, 7) is 17.5. The Morgan fingerprint density at radius 2 is 1.81 bits per heavy atom. The molecule has 0 aliphatic rings. The van der Waals surface area contributed by atoms with Crippen molar-refractivity contribution in [1.82, 2.24) is 15.1 Å². The fourth-order valence-corrected chi connectivity index (χ4v) is 1.25. The molecule has 21 heavy (non-hydrogen) atoms. The fraction of sp³-hybridized carbons (Fsp3) is 0.412. The molecule has 0 radical (unpaired) electrons. The summed E-state index contributed by atoms with van der Waals surface area (Å²) in [6, 6.07) is 1.81. The van der Waals surface area contributed by atoms with Gasteiger partial charge in [-0.1, -0.05) is 45.5 Å². The molecule has 0 aliphatic heterocycles. The Bertz CT molecular complexity index is 482. The first-order chi connectivity index (χ1) is 10.2. The molecule has 0 amide bonds. The number of hydrogen-bond acceptors (Lipinski definition) is 3. The molecule has 2 heterocycles. The fourth-order valence-electron chi connectivity index (χ4n) is 1.25. The highest BCUT2D eigenvalue weighted by molar-refractivity contribution is 5.58. The number of hydrogen-bond donors (Lipinski definition) is 1. The summed E-state index contributed by atoms with van der Waals surface area (Å²) < 4.78 is 4.46. The van der Waals surface area contributed by atoms with Gasteiger partial charge in [-0.3, -0.25) is 0 Å². The molecule has 118 valence electrons. The Hall–Kier alpha value is -2.10. The van der Waals surface area contributed by atoms with E-state index in [1.165, 1.54) is 0 Å². The van der Waals surface area contributed by atoms with Crippen LogP contribution in [0.2, 0.25) is 0 Å². The molecule has 0 aliphatic carbocycles. The van der Waals surface area contributed by atoms with Crippen LogP contribution in [0.5, 0.6) is 0 Å². The number of nitrogens with one attached hydrogen (secondary N) is 1. The van der Waals surface area contributed by atoms with Gasteiger partial charge in [0, 0.05) is 6.07 Å². The minimum absolute atomic E-state index is 0.917. The molecule has 0 bridgehead atoms. The second-order valence-electron chi connectivity index (χ2n) is 3.47. The average Bonchev–Trinajstić information content (AvgIpc) is 3.13. The van der Waals surface area contributed by atoms with E-state index in [0.717, 1.165) is 22.9 Å². The van der Waals surface area contributed by atoms with E-state index in [9.17, 15) is 0 Å². The molecule has 0 atom stereocenters. The van der Waals surface area contributed by atoms with Crippen LogP contribution < -0.4 is 0 Å². The van der Waals surface area contributed by atoms with E-state index in [4.69, 9.17) is 0 Å². The van der Waals surface area contributed by atoms with Crippen LogP contribution in [-0.4, -0.2) is 15.1 Å². The summed E-state index contributed by atoms with van der Waals surface area (Å²) >= 11 is 0. The maximum absolute atomic E-state index is 4.46. The Balaban J connectivity index is 0. The zero-order valence-corrected chi connectivity index (χ0v) is 14.4. The highest BCUT2D eigenvalue weighted by atomic mass is 16.5. The summed E-state index contributed by atoms with van der Waals surface area (Å²) in [5, 5.41) is 3.54. The second-order valence-corrected chi connectivity index (χ2v) is 3.47. The van der Waals surface area contributed by atoms with Crippen molar-refractivity contribution < 1.29 is 4.52 Å². The largest absolute Gasteiger partial charge is 0.365 e. The van der Waals surface area contributed by atoms with Crippen LogP contribution in [0.4, 0.5) is 0 Å². The Morgan fingerprint density at radius 3 is 2.14 bits per heavy atom. The van der Waals surface area contributed by atoms with Gasteiger partial charge in [0.25, 0.3) is 0 Å². The molecule has 0 saturated heterocycles. The summed E-state index contributed by atoms with van der Waals surface area (Å²) in [5.74, 6) is 0.924. The van der Waals surface area contributed by atoms with Crippen LogP contribution in [0.15, 0.2) is 29.5 Å². The lowest BCUT2D eigenvalue weighted by Gasteiger charge is -1.85. The SMILES string of the molecule is C=Cc1nc(C)[nH]c1/C=C\C.CC.CC.Cc1ccon1. The van der Waals surface area contributed by atoms with E-state index >= 15 is 0 Å². The van der Waals surface area contributed by atoms with Crippen molar-refractivity contribution in [1.29, 1.82) is 0 Å². The van der Waals surface area contributed by atoms with Gasteiger partial charge in [-0.05, 0) is 32.9 Å². The predicted octanol–water partition coefficient (Wildman–Crippen LogP) is 5.43. The number of imidazole rings is 1. The van der Waals surface area contributed by atoms with Gasteiger partial charge in [0.2, 0.25) is 0 Å². The van der Waals surface area contributed by atoms with Gasteiger partial charge in [-0.25, -0.2) is 4.98 Å². The molecule has 0 saturated carbocycles. The maximum atomic E-state index is 4.46. The standard InChI is InChI=1S/C9H12N2.C4H5NO.2C2H6/c1-4-6-9-8(5-2)10-7(3)11-9;1-4-2-3-6-5-4;2*1-2/h4-6H,2H2,1,3H3,(H,10,11);2-3H,1H3;2*1-2H3/b6-4-;;;. The molecule has 1 N–H and O–H groups in total. The molecule has 2 rings (SSSR count). The van der Waals surface area contributed by atoms with E-state index in [2.05, 4.69) is 26.2 Å². The third kappa shape index (κ3) is 9.44. The topological polar surface area (TPSA) is 54.7 Å². The average molecular weight is 291 g/mol. The van der Waals surface area contributed by atoms with Crippen LogP contribution in [0.25, 0.3) is 12.2 Å². The number of nitrogens with zero attached hydrogens (tertiary/aromatic N) is 2. The number of H-pyrrole nitrogens is 1. The Labute approximate surface area is 129 Å². The van der Waals surface area contributed by atoms with Gasteiger partial charge in [-0.2, -0.15) is 0 Å². The first kappa shape index (κ1) is 21.2. The van der Waals surface area contributed by atoms with E-state index in [0.29, 0.717) is 0 Å². The summed E-state index contributed by atoms with van der Waals surface area (Å²) in [6.07, 6.45) is 7.26. The highest BCUT2D eigenvalue weighted by Crippen LogP contribution is 2.08. The maximum Gasteiger partial charge on any atom is 0.124 e. The first-order valence-electron chi connectivity index (χ1n) is 7.36. The number of aromatic nitrogens is 3. The summed E-state index contributed by atoms with van der Waals surface area (Å²) in [7, 11) is 0. The lowest BCUT2D eigenvalue weighted by molar-refractivity contribution is 0.415. The van der Waals surface area contributed by atoms with Gasteiger partial charge < -0.3 is 9.51 Å². The molecule has 0 fully saturated rings. The number of allylic oxidation sites excluding steroid dienone is 1. The van der Waals surface area contributed by atoms with Crippen molar-refractivity contribution >= 4 is 12.2 Å². The van der Waals surface area contributed by atoms with Gasteiger partial charge in [0.15, 0.2) is 0 Å². The lowest BCUT2D eigenvalue weighted by Crippen LogP contribution is -1.74. The smallest absolute Gasteiger partial charge is 0.124 e. The molecule has 0 aromatic carbocycles. The summed E-state index contributed by atoms with van der Waals surface area (Å²) in [4.78, 5) is 7.35. The Kier molecular flexibility index (Phi) is 14.5. The lowest BCUT2D eigenvalue weighted by atomic mass is 10.3. The third-order valence-corrected chi connectivity index (χ3v) is 1.97. The van der Waals surface area contributed by atoms with Crippen LogP contribution >= 0.6 is 0 Å². The molecular weight excluding hydrogens is 262 g/mol. The molecular formula is C17H29N3O. The molecule has 0 spiro atoms. The number of aryl methyl sites for hydroxylation is 2. The van der Waals surface area contributed by atoms with Crippen LogP contribution in [0, 0.1) is 13.8 Å². The zero-order chi connectivity index (χ0) is 16.7. The molecule has 2 aromatic rings. The van der Waals surface area contributed by atoms with Gasteiger partial charge >= 0.3 is 0 Å². The van der Waals surface area contributed by atoms with Gasteiger partial charge in [0.05, 0.1) is 17.1 Å². The molecule has 2 aromatic heterocycles. The van der Waals surface area contributed by atoms with E-state index in [1.54, 1.807) is 18.4 Å². The highest BCUT2D eigenvalue weighted by Gasteiger charge is 1.99. The minimum atomic E-state index is 0.917. The third-order valence-electron chi connectivity index (χ3n) is 1.97. The second kappa shape index (κ2) is 14.3. The predicted molar refractivity (Wildman–Crippen MR) is 92.1 cm³/mol. The number of aromatic amines is 1. The monoisotopic (exact) mass is 291 g/mol. The van der Waals surface area contributed by atoms with E-state index in [1.807, 2.05) is 60.6 Å². The molecule has 4 heteroatoms. The van der Waals surface area contributed by atoms with Crippen molar-refractivity contribution in [3.63, 3.8) is 0 Å².